The highest BCUT2D eigenvalue weighted by molar-refractivity contribution is 6.11. The second-order valence-corrected chi connectivity index (χ2v) is 5.15. The summed E-state index contributed by atoms with van der Waals surface area (Å²) in [5, 5.41) is 0. The Hall–Kier alpha value is -2.29. The van der Waals surface area contributed by atoms with Crippen LogP contribution in [0.4, 0.5) is 0 Å². The number of carbonyl (C=O) groups is 1. The van der Waals surface area contributed by atoms with E-state index < -0.39 is 0 Å². The molecule has 0 aromatic heterocycles. The Morgan fingerprint density at radius 1 is 0.810 bits per heavy atom. The maximum Gasteiger partial charge on any atom is 0.197 e. The number of carbonyl (C=O) groups excluding carboxylic acids is 1. The lowest BCUT2D eigenvalue weighted by molar-refractivity contribution is 0.103. The van der Waals surface area contributed by atoms with Gasteiger partial charge in [-0.1, -0.05) is 6.07 Å². The van der Waals surface area contributed by atoms with Gasteiger partial charge >= 0.3 is 0 Å². The van der Waals surface area contributed by atoms with Crippen molar-refractivity contribution in [3.8, 4) is 11.5 Å². The van der Waals surface area contributed by atoms with Crippen LogP contribution in [0.5, 0.6) is 11.5 Å². The molecule has 0 amide bonds. The molecular weight excluding hydrogens is 264 g/mol. The number of ether oxygens (including phenoxy) is 2. The Balaban J connectivity index is 2.52. The average molecular weight is 284 g/mol. The standard InChI is InChI=1S/C18H20O3/c1-11-8-13(3)16(9-12(11)2)18(19)15-7-6-14(20-4)10-17(15)21-5/h6-10H,1-5H3. The van der Waals surface area contributed by atoms with Crippen LogP contribution in [0.25, 0.3) is 0 Å². The van der Waals surface area contributed by atoms with Crippen LogP contribution >= 0.6 is 0 Å². The summed E-state index contributed by atoms with van der Waals surface area (Å²) in [5.41, 5.74) is 4.52. The molecule has 110 valence electrons. The molecule has 0 atom stereocenters. The number of hydrogen-bond donors (Lipinski definition) is 0. The van der Waals surface area contributed by atoms with Crippen molar-refractivity contribution < 1.29 is 14.3 Å². The van der Waals surface area contributed by atoms with Gasteiger partial charge in [0.2, 0.25) is 0 Å². The van der Waals surface area contributed by atoms with Crippen molar-refractivity contribution in [1.29, 1.82) is 0 Å². The summed E-state index contributed by atoms with van der Waals surface area (Å²) in [6.07, 6.45) is 0. The summed E-state index contributed by atoms with van der Waals surface area (Å²) < 4.78 is 10.5. The minimum absolute atomic E-state index is 0.0323. The molecule has 21 heavy (non-hydrogen) atoms. The predicted octanol–water partition coefficient (Wildman–Crippen LogP) is 3.86. The van der Waals surface area contributed by atoms with E-state index >= 15 is 0 Å². The van der Waals surface area contributed by atoms with Gasteiger partial charge in [0.05, 0.1) is 19.8 Å². The zero-order chi connectivity index (χ0) is 15.6. The molecule has 0 spiro atoms. The summed E-state index contributed by atoms with van der Waals surface area (Å²) in [5.74, 6) is 1.16. The van der Waals surface area contributed by atoms with Crippen LogP contribution in [0.15, 0.2) is 30.3 Å². The zero-order valence-electron chi connectivity index (χ0n) is 13.1. The summed E-state index contributed by atoms with van der Waals surface area (Å²) in [6.45, 7) is 6.01. The third kappa shape index (κ3) is 2.92. The van der Waals surface area contributed by atoms with E-state index in [1.54, 1.807) is 32.4 Å². The Morgan fingerprint density at radius 3 is 2.10 bits per heavy atom. The van der Waals surface area contributed by atoms with Crippen molar-refractivity contribution >= 4 is 5.78 Å². The van der Waals surface area contributed by atoms with Crippen LogP contribution in [0.2, 0.25) is 0 Å². The highest BCUT2D eigenvalue weighted by atomic mass is 16.5. The number of hydrogen-bond acceptors (Lipinski definition) is 3. The number of aryl methyl sites for hydroxylation is 3. The van der Waals surface area contributed by atoms with Crippen molar-refractivity contribution in [2.45, 2.75) is 20.8 Å². The number of benzene rings is 2. The maximum absolute atomic E-state index is 12.8. The Morgan fingerprint density at radius 2 is 1.48 bits per heavy atom. The van der Waals surface area contributed by atoms with Gasteiger partial charge in [-0.3, -0.25) is 4.79 Å². The molecule has 0 aliphatic heterocycles. The van der Waals surface area contributed by atoms with Gasteiger partial charge in [-0.2, -0.15) is 0 Å². The quantitative estimate of drug-likeness (QED) is 0.800. The Kier molecular flexibility index (Phi) is 4.32. The van der Waals surface area contributed by atoms with Crippen LogP contribution in [0, 0.1) is 20.8 Å². The van der Waals surface area contributed by atoms with Gasteiger partial charge in [0.1, 0.15) is 11.5 Å². The largest absolute Gasteiger partial charge is 0.497 e. The van der Waals surface area contributed by atoms with E-state index in [1.165, 1.54) is 5.56 Å². The van der Waals surface area contributed by atoms with E-state index in [1.807, 2.05) is 32.9 Å². The molecule has 3 heteroatoms. The number of rotatable bonds is 4. The molecule has 3 nitrogen and oxygen atoms in total. The van der Waals surface area contributed by atoms with Crippen molar-refractivity contribution in [2.24, 2.45) is 0 Å². The van der Waals surface area contributed by atoms with Gasteiger partial charge in [0.25, 0.3) is 0 Å². The third-order valence-corrected chi connectivity index (χ3v) is 3.74. The summed E-state index contributed by atoms with van der Waals surface area (Å²) in [6, 6.07) is 9.22. The fourth-order valence-electron chi connectivity index (χ4n) is 2.34. The lowest BCUT2D eigenvalue weighted by Gasteiger charge is -2.12. The van der Waals surface area contributed by atoms with Crippen LogP contribution in [0.1, 0.15) is 32.6 Å². The molecule has 0 heterocycles. The lowest BCUT2D eigenvalue weighted by atomic mass is 9.94. The molecule has 0 aliphatic carbocycles. The van der Waals surface area contributed by atoms with Crippen LogP contribution in [0.3, 0.4) is 0 Å². The smallest absolute Gasteiger partial charge is 0.197 e. The molecule has 2 aromatic carbocycles. The molecule has 0 saturated heterocycles. The van der Waals surface area contributed by atoms with E-state index in [0.29, 0.717) is 22.6 Å². The van der Waals surface area contributed by atoms with E-state index in [9.17, 15) is 4.79 Å². The predicted molar refractivity (Wildman–Crippen MR) is 83.6 cm³/mol. The van der Waals surface area contributed by atoms with Crippen molar-refractivity contribution in [3.05, 3.63) is 58.1 Å². The average Bonchev–Trinajstić information content (AvgIpc) is 2.49. The van der Waals surface area contributed by atoms with Crippen LogP contribution in [-0.2, 0) is 0 Å². The highest BCUT2D eigenvalue weighted by Gasteiger charge is 2.17. The molecule has 2 aromatic rings. The molecule has 0 saturated carbocycles. The summed E-state index contributed by atoms with van der Waals surface area (Å²) >= 11 is 0. The lowest BCUT2D eigenvalue weighted by Crippen LogP contribution is -2.07. The van der Waals surface area contributed by atoms with Gasteiger partial charge in [-0.25, -0.2) is 0 Å². The van der Waals surface area contributed by atoms with Crippen LogP contribution < -0.4 is 9.47 Å². The van der Waals surface area contributed by atoms with Gasteiger partial charge in [-0.05, 0) is 55.7 Å². The fourth-order valence-corrected chi connectivity index (χ4v) is 2.34. The first kappa shape index (κ1) is 15.1. The SMILES string of the molecule is COc1ccc(C(=O)c2cc(C)c(C)cc2C)c(OC)c1. The van der Waals surface area contributed by atoms with Gasteiger partial charge in [0.15, 0.2) is 5.78 Å². The monoisotopic (exact) mass is 284 g/mol. The zero-order valence-corrected chi connectivity index (χ0v) is 13.1. The molecule has 0 aliphatic rings. The number of methoxy groups -OCH3 is 2. The van der Waals surface area contributed by atoms with Gasteiger partial charge in [0, 0.05) is 11.6 Å². The first-order valence-electron chi connectivity index (χ1n) is 6.82. The first-order chi connectivity index (χ1) is 9.97. The van der Waals surface area contributed by atoms with Crippen LogP contribution in [-0.4, -0.2) is 20.0 Å². The van der Waals surface area contributed by atoms with Crippen molar-refractivity contribution in [3.63, 3.8) is 0 Å². The fraction of sp³-hybridized carbons (Fsp3) is 0.278. The second kappa shape index (κ2) is 6.00. The first-order valence-corrected chi connectivity index (χ1v) is 6.82. The summed E-state index contributed by atoms with van der Waals surface area (Å²) in [7, 11) is 3.14. The third-order valence-electron chi connectivity index (χ3n) is 3.74. The Bertz CT molecular complexity index is 687. The molecular formula is C18H20O3. The molecule has 0 radical (unpaired) electrons. The Labute approximate surface area is 125 Å². The minimum Gasteiger partial charge on any atom is -0.497 e. The van der Waals surface area contributed by atoms with E-state index in [0.717, 1.165) is 11.1 Å². The topological polar surface area (TPSA) is 35.5 Å². The highest BCUT2D eigenvalue weighted by Crippen LogP contribution is 2.28. The number of ketones is 1. The second-order valence-electron chi connectivity index (χ2n) is 5.15. The molecule has 2 rings (SSSR count). The maximum atomic E-state index is 12.8. The van der Waals surface area contributed by atoms with Crippen molar-refractivity contribution in [1.82, 2.24) is 0 Å². The summed E-state index contributed by atoms with van der Waals surface area (Å²) in [4.78, 5) is 12.8. The minimum atomic E-state index is -0.0323. The van der Waals surface area contributed by atoms with Gasteiger partial charge < -0.3 is 9.47 Å². The van der Waals surface area contributed by atoms with E-state index in [2.05, 4.69) is 0 Å². The normalized spacial score (nSPS) is 10.3. The molecule has 0 fully saturated rings. The molecule has 0 unspecified atom stereocenters. The molecule has 0 bridgehead atoms. The van der Waals surface area contributed by atoms with Crippen molar-refractivity contribution in [2.75, 3.05) is 14.2 Å². The van der Waals surface area contributed by atoms with E-state index in [-0.39, 0.29) is 5.78 Å². The van der Waals surface area contributed by atoms with E-state index in [4.69, 9.17) is 9.47 Å². The van der Waals surface area contributed by atoms with Gasteiger partial charge in [-0.15, -0.1) is 0 Å². The molecule has 0 N–H and O–H groups in total.